The number of primary amides is 1. The maximum atomic E-state index is 13.6. The van der Waals surface area contributed by atoms with Gasteiger partial charge in [0.05, 0.1) is 11.4 Å². The van der Waals surface area contributed by atoms with Crippen molar-refractivity contribution in [1.29, 1.82) is 0 Å². The van der Waals surface area contributed by atoms with Gasteiger partial charge in [-0.2, -0.15) is 0 Å². The van der Waals surface area contributed by atoms with Crippen molar-refractivity contribution in [1.82, 2.24) is 0 Å². The third-order valence-corrected chi connectivity index (χ3v) is 2.41. The predicted octanol–water partition coefficient (Wildman–Crippen LogP) is 3.18. The molecule has 18 heavy (non-hydrogen) atoms. The minimum Gasteiger partial charge on any atom is -0.351 e. The first-order valence-electron chi connectivity index (χ1n) is 5.20. The molecule has 2 aromatic rings. The molecule has 0 radical (unpaired) electrons. The molecular formula is C13H10F2N2O. The summed E-state index contributed by atoms with van der Waals surface area (Å²) in [7, 11) is 0. The van der Waals surface area contributed by atoms with Gasteiger partial charge in [0.15, 0.2) is 0 Å². The second kappa shape index (κ2) is 4.83. The molecule has 0 fully saturated rings. The normalized spacial score (nSPS) is 10.1. The molecule has 0 spiro atoms. The summed E-state index contributed by atoms with van der Waals surface area (Å²) in [6.07, 6.45) is 0. The smallest absolute Gasteiger partial charge is 0.324 e. The van der Waals surface area contributed by atoms with Crippen LogP contribution < -0.4 is 10.6 Å². The Labute approximate surface area is 102 Å². The monoisotopic (exact) mass is 248 g/mol. The number of hydrogen-bond acceptors (Lipinski definition) is 1. The van der Waals surface area contributed by atoms with Gasteiger partial charge < -0.3 is 5.73 Å². The van der Waals surface area contributed by atoms with E-state index in [1.807, 2.05) is 0 Å². The highest BCUT2D eigenvalue weighted by Gasteiger charge is 2.20. The molecular weight excluding hydrogens is 238 g/mol. The van der Waals surface area contributed by atoms with E-state index in [9.17, 15) is 13.6 Å². The van der Waals surface area contributed by atoms with E-state index in [4.69, 9.17) is 5.73 Å². The van der Waals surface area contributed by atoms with Crippen LogP contribution in [0.1, 0.15) is 0 Å². The van der Waals surface area contributed by atoms with Crippen molar-refractivity contribution in [2.45, 2.75) is 0 Å². The summed E-state index contributed by atoms with van der Waals surface area (Å²) >= 11 is 0. The van der Waals surface area contributed by atoms with Crippen molar-refractivity contribution in [3.8, 4) is 0 Å². The Balaban J connectivity index is 2.58. The number of amides is 2. The van der Waals surface area contributed by atoms with Crippen LogP contribution in [0.2, 0.25) is 0 Å². The van der Waals surface area contributed by atoms with Crippen molar-refractivity contribution in [3.05, 3.63) is 60.2 Å². The van der Waals surface area contributed by atoms with Crippen molar-refractivity contribution in [2.24, 2.45) is 5.73 Å². The van der Waals surface area contributed by atoms with Crippen molar-refractivity contribution in [3.63, 3.8) is 0 Å². The lowest BCUT2D eigenvalue weighted by atomic mass is 10.2. The van der Waals surface area contributed by atoms with Crippen LogP contribution in [-0.2, 0) is 0 Å². The van der Waals surface area contributed by atoms with Gasteiger partial charge in [-0.25, -0.2) is 13.6 Å². The van der Waals surface area contributed by atoms with E-state index in [1.165, 1.54) is 48.5 Å². The first-order chi connectivity index (χ1) is 8.61. The zero-order chi connectivity index (χ0) is 13.1. The number of para-hydroxylation sites is 2. The summed E-state index contributed by atoms with van der Waals surface area (Å²) in [6, 6.07) is 10.1. The predicted molar refractivity (Wildman–Crippen MR) is 64.5 cm³/mol. The molecule has 5 heteroatoms. The van der Waals surface area contributed by atoms with Gasteiger partial charge in [0.2, 0.25) is 0 Å². The maximum absolute atomic E-state index is 13.6. The summed E-state index contributed by atoms with van der Waals surface area (Å²) in [6.45, 7) is 0. The lowest BCUT2D eigenvalue weighted by Crippen LogP contribution is -2.32. The number of nitrogens with zero attached hydrogens (tertiary/aromatic N) is 1. The van der Waals surface area contributed by atoms with Crippen molar-refractivity contribution >= 4 is 17.4 Å². The number of rotatable bonds is 2. The number of carbonyl (C=O) groups is 1. The molecule has 0 aliphatic heterocycles. The van der Waals surface area contributed by atoms with E-state index in [2.05, 4.69) is 0 Å². The quantitative estimate of drug-likeness (QED) is 0.871. The number of hydrogen-bond donors (Lipinski definition) is 1. The number of carbonyl (C=O) groups excluding carboxylic acids is 1. The number of nitrogens with two attached hydrogens (primary N) is 1. The SMILES string of the molecule is NC(=O)N(c1ccccc1F)c1ccccc1F. The second-order valence-corrected chi connectivity index (χ2v) is 3.58. The van der Waals surface area contributed by atoms with Crippen LogP contribution in [0.3, 0.4) is 0 Å². The van der Waals surface area contributed by atoms with Gasteiger partial charge in [0, 0.05) is 0 Å². The number of urea groups is 1. The summed E-state index contributed by atoms with van der Waals surface area (Å²) in [5.41, 5.74) is 5.02. The lowest BCUT2D eigenvalue weighted by molar-refractivity contribution is 0.255. The second-order valence-electron chi connectivity index (χ2n) is 3.58. The Kier molecular flexibility index (Phi) is 3.23. The fourth-order valence-corrected chi connectivity index (χ4v) is 1.63. The highest BCUT2D eigenvalue weighted by atomic mass is 19.1. The van der Waals surface area contributed by atoms with Gasteiger partial charge in [-0.1, -0.05) is 24.3 Å². The number of benzene rings is 2. The van der Waals surface area contributed by atoms with Gasteiger partial charge in [-0.05, 0) is 24.3 Å². The highest BCUT2D eigenvalue weighted by molar-refractivity contribution is 5.98. The molecule has 2 aromatic carbocycles. The van der Waals surface area contributed by atoms with Crippen LogP contribution in [0, 0.1) is 11.6 Å². The average Bonchev–Trinajstić information content (AvgIpc) is 2.34. The first kappa shape index (κ1) is 12.0. The van der Waals surface area contributed by atoms with Crippen LogP contribution in [-0.4, -0.2) is 6.03 Å². The number of halogens is 2. The first-order valence-corrected chi connectivity index (χ1v) is 5.20. The molecule has 0 saturated heterocycles. The molecule has 0 aliphatic carbocycles. The Morgan fingerprint density at radius 3 is 1.61 bits per heavy atom. The minimum atomic E-state index is -0.954. The average molecular weight is 248 g/mol. The molecule has 0 unspecified atom stereocenters. The van der Waals surface area contributed by atoms with Crippen LogP contribution in [0.25, 0.3) is 0 Å². The van der Waals surface area contributed by atoms with Gasteiger partial charge in [0.25, 0.3) is 0 Å². The standard InChI is InChI=1S/C13H10F2N2O/c14-9-5-1-3-7-11(9)17(13(16)18)12-8-4-2-6-10(12)15/h1-8H,(H2,16,18). The van der Waals surface area contributed by atoms with E-state index < -0.39 is 17.7 Å². The molecule has 0 heterocycles. The van der Waals surface area contributed by atoms with Gasteiger partial charge in [-0.15, -0.1) is 0 Å². The summed E-state index contributed by atoms with van der Waals surface area (Å²) in [4.78, 5) is 12.2. The minimum absolute atomic E-state index is 0.0879. The molecule has 2 amide bonds. The number of anilines is 2. The topological polar surface area (TPSA) is 46.3 Å². The molecule has 0 atom stereocenters. The Morgan fingerprint density at radius 1 is 0.889 bits per heavy atom. The molecule has 2 N–H and O–H groups in total. The molecule has 92 valence electrons. The van der Waals surface area contributed by atoms with E-state index in [0.717, 1.165) is 4.90 Å². The van der Waals surface area contributed by atoms with E-state index >= 15 is 0 Å². The fraction of sp³-hybridized carbons (Fsp3) is 0. The fourth-order valence-electron chi connectivity index (χ4n) is 1.63. The Morgan fingerprint density at radius 2 is 1.28 bits per heavy atom. The highest BCUT2D eigenvalue weighted by Crippen LogP contribution is 2.29. The lowest BCUT2D eigenvalue weighted by Gasteiger charge is -2.21. The van der Waals surface area contributed by atoms with Crippen LogP contribution in [0.5, 0.6) is 0 Å². The summed E-state index contributed by atoms with van der Waals surface area (Å²) in [5, 5.41) is 0. The van der Waals surface area contributed by atoms with Gasteiger partial charge in [0.1, 0.15) is 11.6 Å². The maximum Gasteiger partial charge on any atom is 0.324 e. The molecule has 0 aromatic heterocycles. The Hall–Kier alpha value is -2.43. The molecule has 0 aliphatic rings. The zero-order valence-corrected chi connectivity index (χ0v) is 9.31. The van der Waals surface area contributed by atoms with Crippen LogP contribution in [0.4, 0.5) is 25.0 Å². The van der Waals surface area contributed by atoms with Crippen molar-refractivity contribution < 1.29 is 13.6 Å². The third-order valence-electron chi connectivity index (χ3n) is 2.41. The van der Waals surface area contributed by atoms with Crippen LogP contribution in [0.15, 0.2) is 48.5 Å². The van der Waals surface area contributed by atoms with E-state index in [1.54, 1.807) is 0 Å². The molecule has 0 saturated carbocycles. The van der Waals surface area contributed by atoms with Gasteiger partial charge >= 0.3 is 6.03 Å². The summed E-state index contributed by atoms with van der Waals surface area (Å²) < 4.78 is 27.3. The third kappa shape index (κ3) is 2.15. The summed E-state index contributed by atoms with van der Waals surface area (Å²) in [5.74, 6) is -1.31. The largest absolute Gasteiger partial charge is 0.351 e. The van der Waals surface area contributed by atoms with Crippen molar-refractivity contribution in [2.75, 3.05) is 4.90 Å². The Bertz CT molecular complexity index is 541. The van der Waals surface area contributed by atoms with Crippen LogP contribution >= 0.6 is 0 Å². The van der Waals surface area contributed by atoms with Gasteiger partial charge in [-0.3, -0.25) is 4.90 Å². The molecule has 2 rings (SSSR count). The molecule has 0 bridgehead atoms. The zero-order valence-electron chi connectivity index (χ0n) is 9.31. The van der Waals surface area contributed by atoms with E-state index in [-0.39, 0.29) is 11.4 Å². The van der Waals surface area contributed by atoms with E-state index in [0.29, 0.717) is 0 Å². The molecule has 3 nitrogen and oxygen atoms in total.